The third-order valence-electron chi connectivity index (χ3n) is 3.76. The molecule has 6 heteroatoms. The van der Waals surface area contributed by atoms with E-state index < -0.39 is 0 Å². The first-order valence-electron chi connectivity index (χ1n) is 6.10. The molecule has 0 aromatic carbocycles. The fraction of sp³-hybridized carbons (Fsp3) is 0.636. The number of rotatable bonds is 2. The summed E-state index contributed by atoms with van der Waals surface area (Å²) in [6.07, 6.45) is 3.48. The smallest absolute Gasteiger partial charge is 0.269 e. The van der Waals surface area contributed by atoms with Crippen molar-refractivity contribution in [2.75, 3.05) is 18.8 Å². The van der Waals surface area contributed by atoms with Crippen molar-refractivity contribution in [3.63, 3.8) is 0 Å². The van der Waals surface area contributed by atoms with Crippen molar-refractivity contribution < 1.29 is 4.79 Å². The molecule has 2 aliphatic heterocycles. The zero-order chi connectivity index (χ0) is 11.8. The van der Waals surface area contributed by atoms with Crippen LogP contribution in [0.5, 0.6) is 0 Å². The highest BCUT2D eigenvalue weighted by molar-refractivity contribution is 5.93. The maximum absolute atomic E-state index is 11.9. The molecule has 4 N–H and O–H groups in total. The second-order valence-corrected chi connectivity index (χ2v) is 4.82. The van der Waals surface area contributed by atoms with Crippen molar-refractivity contribution >= 4 is 11.7 Å². The van der Waals surface area contributed by atoms with Crippen molar-refractivity contribution in [3.8, 4) is 0 Å². The van der Waals surface area contributed by atoms with Crippen molar-refractivity contribution in [2.24, 2.45) is 0 Å². The van der Waals surface area contributed by atoms with E-state index in [9.17, 15) is 4.79 Å². The van der Waals surface area contributed by atoms with Gasteiger partial charge in [0.1, 0.15) is 11.5 Å². The van der Waals surface area contributed by atoms with Gasteiger partial charge >= 0.3 is 0 Å². The second-order valence-electron chi connectivity index (χ2n) is 4.82. The molecule has 92 valence electrons. The summed E-state index contributed by atoms with van der Waals surface area (Å²) in [5, 5.41) is 9.47. The molecule has 17 heavy (non-hydrogen) atoms. The molecule has 0 saturated carbocycles. The molecule has 2 unspecified atom stereocenters. The predicted octanol–water partition coefficient (Wildman–Crippen LogP) is -0.0416. The van der Waals surface area contributed by atoms with Crippen LogP contribution < -0.4 is 11.1 Å². The average molecular weight is 235 g/mol. The van der Waals surface area contributed by atoms with Crippen molar-refractivity contribution in [3.05, 3.63) is 11.8 Å². The number of nitrogens with two attached hydrogens (primary N) is 1. The van der Waals surface area contributed by atoms with Crippen LogP contribution in [0.3, 0.4) is 0 Å². The van der Waals surface area contributed by atoms with Crippen LogP contribution >= 0.6 is 0 Å². The maximum Gasteiger partial charge on any atom is 0.269 e. The quantitative estimate of drug-likeness (QED) is 0.671. The topological polar surface area (TPSA) is 87.0 Å². The number of anilines is 1. The van der Waals surface area contributed by atoms with E-state index in [2.05, 4.69) is 20.4 Å². The van der Waals surface area contributed by atoms with Gasteiger partial charge in [-0.25, -0.2) is 0 Å². The van der Waals surface area contributed by atoms with Crippen LogP contribution in [0.1, 0.15) is 29.8 Å². The van der Waals surface area contributed by atoms with E-state index in [0.717, 1.165) is 13.0 Å². The lowest BCUT2D eigenvalue weighted by molar-refractivity contribution is 0.0924. The van der Waals surface area contributed by atoms with E-state index in [-0.39, 0.29) is 11.9 Å². The summed E-state index contributed by atoms with van der Waals surface area (Å²) in [6.45, 7) is 2.27. The number of aromatic amines is 1. The fourth-order valence-corrected chi connectivity index (χ4v) is 2.95. The van der Waals surface area contributed by atoms with Crippen molar-refractivity contribution in [2.45, 2.75) is 31.3 Å². The summed E-state index contributed by atoms with van der Waals surface area (Å²) >= 11 is 0. The molecule has 2 fully saturated rings. The van der Waals surface area contributed by atoms with Gasteiger partial charge in [0.05, 0.1) is 0 Å². The molecule has 6 nitrogen and oxygen atoms in total. The van der Waals surface area contributed by atoms with Crippen LogP contribution in [0.2, 0.25) is 0 Å². The molecule has 1 aromatic rings. The van der Waals surface area contributed by atoms with Crippen LogP contribution in [-0.2, 0) is 0 Å². The highest BCUT2D eigenvalue weighted by Gasteiger charge is 2.37. The number of hydrogen-bond acceptors (Lipinski definition) is 4. The molecule has 2 aliphatic rings. The van der Waals surface area contributed by atoms with Crippen LogP contribution in [0.4, 0.5) is 5.82 Å². The zero-order valence-corrected chi connectivity index (χ0v) is 9.65. The number of nitrogens with zero attached hydrogens (tertiary/aromatic N) is 2. The van der Waals surface area contributed by atoms with Crippen molar-refractivity contribution in [1.82, 2.24) is 20.4 Å². The molecule has 0 spiro atoms. The fourth-order valence-electron chi connectivity index (χ4n) is 2.95. The first kappa shape index (κ1) is 10.6. The Balaban J connectivity index is 1.65. The maximum atomic E-state index is 11.9. The Hall–Kier alpha value is -1.56. The van der Waals surface area contributed by atoms with E-state index in [0.29, 0.717) is 17.6 Å². The number of hydrogen-bond donors (Lipinski definition) is 3. The van der Waals surface area contributed by atoms with E-state index in [1.54, 1.807) is 6.07 Å². The van der Waals surface area contributed by atoms with Gasteiger partial charge in [0.25, 0.3) is 5.91 Å². The van der Waals surface area contributed by atoms with Crippen molar-refractivity contribution in [1.29, 1.82) is 0 Å². The minimum atomic E-state index is -0.104. The molecule has 0 radical (unpaired) electrons. The first-order valence-corrected chi connectivity index (χ1v) is 6.10. The van der Waals surface area contributed by atoms with E-state index in [4.69, 9.17) is 5.73 Å². The van der Waals surface area contributed by atoms with Crippen LogP contribution in [-0.4, -0.2) is 46.2 Å². The molecule has 1 aromatic heterocycles. The molecule has 3 heterocycles. The van der Waals surface area contributed by atoms with Gasteiger partial charge in [-0.05, 0) is 25.8 Å². The number of nitrogen functional groups attached to an aromatic ring is 1. The Morgan fingerprint density at radius 1 is 1.53 bits per heavy atom. The Kier molecular flexibility index (Phi) is 2.51. The number of carbonyl (C=O) groups excluding carboxylic acids is 1. The highest BCUT2D eigenvalue weighted by atomic mass is 16.2. The monoisotopic (exact) mass is 235 g/mol. The SMILES string of the molecule is Nc1cc(C(=O)NC2CCN3CCCC23)[nH]n1. The summed E-state index contributed by atoms with van der Waals surface area (Å²) in [7, 11) is 0. The number of aromatic nitrogens is 2. The number of carbonyl (C=O) groups is 1. The molecular formula is C11H17N5O. The number of fused-ring (bicyclic) bond motifs is 1. The largest absolute Gasteiger partial charge is 0.382 e. The van der Waals surface area contributed by atoms with Gasteiger partial charge < -0.3 is 11.1 Å². The second kappa shape index (κ2) is 4.03. The van der Waals surface area contributed by atoms with E-state index >= 15 is 0 Å². The van der Waals surface area contributed by atoms with Crippen LogP contribution in [0, 0.1) is 0 Å². The van der Waals surface area contributed by atoms with Gasteiger partial charge in [-0.2, -0.15) is 5.10 Å². The predicted molar refractivity (Wildman–Crippen MR) is 63.5 cm³/mol. The van der Waals surface area contributed by atoms with Gasteiger partial charge in [-0.3, -0.25) is 14.8 Å². The van der Waals surface area contributed by atoms with Gasteiger partial charge in [-0.15, -0.1) is 0 Å². The van der Waals surface area contributed by atoms with Gasteiger partial charge in [0, 0.05) is 24.7 Å². The molecule has 2 atom stereocenters. The summed E-state index contributed by atoms with van der Waals surface area (Å²) in [6, 6.07) is 2.37. The third kappa shape index (κ3) is 1.88. The minimum absolute atomic E-state index is 0.104. The lowest BCUT2D eigenvalue weighted by Gasteiger charge is -2.20. The minimum Gasteiger partial charge on any atom is -0.382 e. The molecule has 3 rings (SSSR count). The van der Waals surface area contributed by atoms with E-state index in [1.807, 2.05) is 0 Å². The normalized spacial score (nSPS) is 28.2. The lowest BCUT2D eigenvalue weighted by atomic mass is 10.1. The lowest BCUT2D eigenvalue weighted by Crippen LogP contribution is -2.42. The summed E-state index contributed by atoms with van der Waals surface area (Å²) < 4.78 is 0. The molecule has 2 saturated heterocycles. The number of amides is 1. The van der Waals surface area contributed by atoms with Crippen LogP contribution in [0.25, 0.3) is 0 Å². The molecule has 0 aliphatic carbocycles. The third-order valence-corrected chi connectivity index (χ3v) is 3.76. The Labute approximate surface area is 99.5 Å². The number of nitrogens with one attached hydrogen (secondary N) is 2. The standard InChI is InChI=1S/C11H17N5O/c12-10-6-8(14-15-10)11(17)13-7-3-5-16-4-1-2-9(7)16/h6-7,9H,1-5H2,(H,13,17)(H3,12,14,15). The first-order chi connectivity index (χ1) is 8.24. The number of H-pyrrole nitrogens is 1. The summed E-state index contributed by atoms with van der Waals surface area (Å²) in [4.78, 5) is 14.4. The molecule has 0 bridgehead atoms. The Morgan fingerprint density at radius 3 is 3.18 bits per heavy atom. The zero-order valence-electron chi connectivity index (χ0n) is 9.65. The summed E-state index contributed by atoms with van der Waals surface area (Å²) in [5.74, 6) is 0.247. The van der Waals surface area contributed by atoms with Gasteiger partial charge in [0.2, 0.25) is 0 Å². The highest BCUT2D eigenvalue weighted by Crippen LogP contribution is 2.27. The summed E-state index contributed by atoms with van der Waals surface area (Å²) in [5.41, 5.74) is 5.92. The van der Waals surface area contributed by atoms with Gasteiger partial charge in [-0.1, -0.05) is 0 Å². The van der Waals surface area contributed by atoms with Gasteiger partial charge in [0.15, 0.2) is 0 Å². The average Bonchev–Trinajstić information content (AvgIpc) is 2.96. The Bertz CT molecular complexity index is 429. The molecule has 1 amide bonds. The van der Waals surface area contributed by atoms with E-state index in [1.165, 1.54) is 19.4 Å². The molecular weight excluding hydrogens is 218 g/mol. The Morgan fingerprint density at radius 2 is 2.41 bits per heavy atom. The van der Waals surface area contributed by atoms with Crippen LogP contribution in [0.15, 0.2) is 6.07 Å².